The first-order valence-corrected chi connectivity index (χ1v) is 11.0. The molecule has 0 radical (unpaired) electrons. The lowest BCUT2D eigenvalue weighted by Gasteiger charge is -2.38. The van der Waals surface area contributed by atoms with Crippen LogP contribution in [0.5, 0.6) is 0 Å². The molecule has 1 aliphatic heterocycles. The van der Waals surface area contributed by atoms with Crippen molar-refractivity contribution in [2.24, 2.45) is 0 Å². The molecule has 1 fully saturated rings. The SMILES string of the molecule is CS(=O)(=O)c1ccc(Cl)c(C(=O)NCC2(c3ccccc3)CCOCC2)c1. The summed E-state index contributed by atoms with van der Waals surface area (Å²) in [4.78, 5) is 12.8. The molecule has 3 rings (SSSR count). The molecule has 1 N–H and O–H groups in total. The third kappa shape index (κ3) is 4.51. The molecule has 144 valence electrons. The topological polar surface area (TPSA) is 72.5 Å². The maximum absolute atomic E-state index is 12.7. The van der Waals surface area contributed by atoms with Crippen LogP contribution in [0.3, 0.4) is 0 Å². The molecule has 5 nitrogen and oxygen atoms in total. The van der Waals surface area contributed by atoms with Crippen LogP contribution in [0.4, 0.5) is 0 Å². The summed E-state index contributed by atoms with van der Waals surface area (Å²) >= 11 is 6.14. The minimum absolute atomic E-state index is 0.0703. The van der Waals surface area contributed by atoms with Crippen molar-refractivity contribution in [1.29, 1.82) is 0 Å². The first-order valence-electron chi connectivity index (χ1n) is 8.73. The van der Waals surface area contributed by atoms with Crippen LogP contribution in [0, 0.1) is 0 Å². The van der Waals surface area contributed by atoms with E-state index < -0.39 is 9.84 Å². The van der Waals surface area contributed by atoms with Crippen molar-refractivity contribution in [3.63, 3.8) is 0 Å². The fraction of sp³-hybridized carbons (Fsp3) is 0.350. The third-order valence-electron chi connectivity index (χ3n) is 5.03. The number of halogens is 1. The fourth-order valence-electron chi connectivity index (χ4n) is 3.38. The zero-order valence-electron chi connectivity index (χ0n) is 15.1. The van der Waals surface area contributed by atoms with Gasteiger partial charge >= 0.3 is 0 Å². The molecule has 1 saturated heterocycles. The highest BCUT2D eigenvalue weighted by atomic mass is 35.5. The van der Waals surface area contributed by atoms with E-state index in [1.165, 1.54) is 18.2 Å². The Balaban J connectivity index is 1.83. The van der Waals surface area contributed by atoms with Crippen molar-refractivity contribution in [1.82, 2.24) is 5.32 Å². The van der Waals surface area contributed by atoms with Crippen LogP contribution in [0.1, 0.15) is 28.8 Å². The second-order valence-electron chi connectivity index (χ2n) is 6.86. The number of amides is 1. The molecule has 0 aromatic heterocycles. The van der Waals surface area contributed by atoms with E-state index >= 15 is 0 Å². The lowest BCUT2D eigenvalue weighted by atomic mass is 9.74. The van der Waals surface area contributed by atoms with Crippen LogP contribution in [0.25, 0.3) is 0 Å². The number of hydrogen-bond acceptors (Lipinski definition) is 4. The molecule has 0 bridgehead atoms. The summed E-state index contributed by atoms with van der Waals surface area (Å²) in [6.45, 7) is 1.70. The minimum atomic E-state index is -3.42. The molecular formula is C20H22ClNO4S. The summed E-state index contributed by atoms with van der Waals surface area (Å²) in [6, 6.07) is 14.2. The van der Waals surface area contributed by atoms with Crippen molar-refractivity contribution in [2.45, 2.75) is 23.2 Å². The normalized spacial score (nSPS) is 16.7. The van der Waals surface area contributed by atoms with Gasteiger partial charge in [-0.25, -0.2) is 8.42 Å². The highest BCUT2D eigenvalue weighted by Gasteiger charge is 2.35. The summed E-state index contributed by atoms with van der Waals surface area (Å²) in [5.41, 5.74) is 1.11. The number of benzene rings is 2. The van der Waals surface area contributed by atoms with Crippen molar-refractivity contribution in [3.8, 4) is 0 Å². The van der Waals surface area contributed by atoms with E-state index in [4.69, 9.17) is 16.3 Å². The van der Waals surface area contributed by atoms with E-state index in [9.17, 15) is 13.2 Å². The van der Waals surface area contributed by atoms with Gasteiger partial charge in [0.25, 0.3) is 5.91 Å². The van der Waals surface area contributed by atoms with E-state index in [0.29, 0.717) is 19.8 Å². The Morgan fingerprint density at radius 1 is 1.15 bits per heavy atom. The van der Waals surface area contributed by atoms with Gasteiger partial charge in [0.2, 0.25) is 0 Å². The summed E-state index contributed by atoms with van der Waals surface area (Å²) in [7, 11) is -3.42. The second kappa shape index (κ2) is 8.00. The zero-order valence-corrected chi connectivity index (χ0v) is 16.6. The van der Waals surface area contributed by atoms with Crippen LogP contribution in [0.2, 0.25) is 5.02 Å². The third-order valence-corrected chi connectivity index (χ3v) is 6.47. The molecule has 0 aliphatic carbocycles. The van der Waals surface area contributed by atoms with Crippen molar-refractivity contribution < 1.29 is 17.9 Å². The Morgan fingerprint density at radius 2 is 1.81 bits per heavy atom. The van der Waals surface area contributed by atoms with Gasteiger partial charge in [0, 0.05) is 31.4 Å². The number of nitrogens with one attached hydrogen (secondary N) is 1. The van der Waals surface area contributed by atoms with Gasteiger partial charge in [0.05, 0.1) is 15.5 Å². The standard InChI is InChI=1S/C20H22ClNO4S/c1-27(24,25)16-7-8-18(21)17(13-16)19(23)22-14-20(9-11-26-12-10-20)15-5-3-2-4-6-15/h2-8,13H,9-12,14H2,1H3,(H,22,23). The highest BCUT2D eigenvalue weighted by molar-refractivity contribution is 7.90. The van der Waals surface area contributed by atoms with Crippen LogP contribution < -0.4 is 5.32 Å². The number of carbonyl (C=O) groups excluding carboxylic acids is 1. The van der Waals surface area contributed by atoms with Crippen LogP contribution in [-0.2, 0) is 20.0 Å². The average Bonchev–Trinajstić information content (AvgIpc) is 2.67. The lowest BCUT2D eigenvalue weighted by molar-refractivity contribution is 0.0487. The Morgan fingerprint density at radius 3 is 2.44 bits per heavy atom. The lowest BCUT2D eigenvalue weighted by Crippen LogP contribution is -2.44. The number of hydrogen-bond donors (Lipinski definition) is 1. The quantitative estimate of drug-likeness (QED) is 0.825. The highest BCUT2D eigenvalue weighted by Crippen LogP contribution is 2.34. The number of sulfone groups is 1. The Bertz CT molecular complexity index is 922. The van der Waals surface area contributed by atoms with Crippen LogP contribution in [-0.4, -0.2) is 40.3 Å². The first-order chi connectivity index (χ1) is 12.8. The number of rotatable bonds is 5. The van der Waals surface area contributed by atoms with Crippen molar-refractivity contribution >= 4 is 27.3 Å². The van der Waals surface area contributed by atoms with Gasteiger partial charge in [-0.3, -0.25) is 4.79 Å². The molecule has 0 unspecified atom stereocenters. The van der Waals surface area contributed by atoms with Gasteiger partial charge < -0.3 is 10.1 Å². The zero-order chi connectivity index (χ0) is 19.5. The molecule has 0 saturated carbocycles. The summed E-state index contributed by atoms with van der Waals surface area (Å²) in [5, 5.41) is 3.18. The van der Waals surface area contributed by atoms with Crippen molar-refractivity contribution in [2.75, 3.05) is 26.0 Å². The first kappa shape index (κ1) is 19.9. The molecule has 27 heavy (non-hydrogen) atoms. The Kier molecular flexibility index (Phi) is 5.89. The number of ether oxygens (including phenoxy) is 1. The summed E-state index contributed by atoms with van der Waals surface area (Å²) in [5.74, 6) is -0.382. The summed E-state index contributed by atoms with van der Waals surface area (Å²) < 4.78 is 29.1. The maximum Gasteiger partial charge on any atom is 0.252 e. The Hall–Kier alpha value is -1.89. The monoisotopic (exact) mass is 407 g/mol. The smallest absolute Gasteiger partial charge is 0.252 e. The van der Waals surface area contributed by atoms with Crippen LogP contribution in [0.15, 0.2) is 53.4 Å². The van der Waals surface area contributed by atoms with E-state index in [1.54, 1.807) is 0 Å². The van der Waals surface area contributed by atoms with E-state index in [1.807, 2.05) is 18.2 Å². The largest absolute Gasteiger partial charge is 0.381 e. The predicted molar refractivity (Wildman–Crippen MR) is 105 cm³/mol. The molecule has 7 heteroatoms. The summed E-state index contributed by atoms with van der Waals surface area (Å²) in [6.07, 6.45) is 2.70. The van der Waals surface area contributed by atoms with Crippen molar-refractivity contribution in [3.05, 3.63) is 64.7 Å². The molecule has 2 aromatic rings. The fourth-order valence-corrected chi connectivity index (χ4v) is 4.23. The van der Waals surface area contributed by atoms with Gasteiger partial charge in [0.15, 0.2) is 9.84 Å². The second-order valence-corrected chi connectivity index (χ2v) is 9.28. The predicted octanol–water partition coefficient (Wildman–Crippen LogP) is 3.22. The van der Waals surface area contributed by atoms with Crippen LogP contribution >= 0.6 is 11.6 Å². The average molecular weight is 408 g/mol. The maximum atomic E-state index is 12.7. The van der Waals surface area contributed by atoms with E-state index in [2.05, 4.69) is 17.4 Å². The molecule has 2 aromatic carbocycles. The molecule has 1 aliphatic rings. The molecule has 1 amide bonds. The Labute approximate surface area is 164 Å². The van der Waals surface area contributed by atoms with Gasteiger partial charge in [-0.15, -0.1) is 0 Å². The van der Waals surface area contributed by atoms with Gasteiger partial charge in [-0.1, -0.05) is 41.9 Å². The van der Waals surface area contributed by atoms with Gasteiger partial charge in [-0.2, -0.15) is 0 Å². The van der Waals surface area contributed by atoms with Gasteiger partial charge in [0.1, 0.15) is 0 Å². The molecular weight excluding hydrogens is 386 g/mol. The molecule has 1 heterocycles. The van der Waals surface area contributed by atoms with Gasteiger partial charge in [-0.05, 0) is 36.6 Å². The number of carbonyl (C=O) groups is 1. The van der Waals surface area contributed by atoms with E-state index in [0.717, 1.165) is 24.7 Å². The molecule has 0 spiro atoms. The minimum Gasteiger partial charge on any atom is -0.381 e. The van der Waals surface area contributed by atoms with E-state index in [-0.39, 0.29) is 26.8 Å². The molecule has 0 atom stereocenters.